The summed E-state index contributed by atoms with van der Waals surface area (Å²) in [5.41, 5.74) is 6.03. The molecular formula is C25H29ClN4O2. The number of nitrogens with zero attached hydrogens (tertiary/aromatic N) is 2. The Kier molecular flexibility index (Phi) is 7.48. The van der Waals surface area contributed by atoms with Gasteiger partial charge in [-0.15, -0.1) is 12.4 Å². The summed E-state index contributed by atoms with van der Waals surface area (Å²) in [5, 5.41) is 11.0. The highest BCUT2D eigenvalue weighted by Gasteiger charge is 2.27. The molecule has 0 radical (unpaired) electrons. The predicted molar refractivity (Wildman–Crippen MR) is 130 cm³/mol. The maximum Gasteiger partial charge on any atom is 0.259 e. The third-order valence-electron chi connectivity index (χ3n) is 5.88. The topological polar surface area (TPSA) is 76.0 Å². The van der Waals surface area contributed by atoms with Crippen LogP contribution < -0.4 is 10.6 Å². The zero-order valence-electron chi connectivity index (χ0n) is 18.6. The molecule has 6 nitrogen and oxygen atoms in total. The Morgan fingerprint density at radius 2 is 1.84 bits per heavy atom. The number of anilines is 1. The fraction of sp³-hybridized carbons (Fsp3) is 0.320. The summed E-state index contributed by atoms with van der Waals surface area (Å²) >= 11 is 0. The van der Waals surface area contributed by atoms with Gasteiger partial charge in [0.2, 0.25) is 0 Å². The molecule has 0 atom stereocenters. The molecule has 1 aliphatic rings. The third kappa shape index (κ3) is 4.92. The molecule has 2 heterocycles. The van der Waals surface area contributed by atoms with Gasteiger partial charge in [0.1, 0.15) is 0 Å². The molecule has 3 aromatic rings. The molecule has 7 heteroatoms. The number of carbonyl (C=O) groups excluding carboxylic acids is 2. The van der Waals surface area contributed by atoms with Crippen LogP contribution in [0.4, 0.5) is 5.69 Å². The first-order valence-corrected chi connectivity index (χ1v) is 10.7. The minimum absolute atomic E-state index is 0. The Bertz CT molecular complexity index is 1130. The van der Waals surface area contributed by atoms with Crippen molar-refractivity contribution in [3.05, 3.63) is 76.6 Å². The van der Waals surface area contributed by atoms with Crippen molar-refractivity contribution in [2.24, 2.45) is 0 Å². The Morgan fingerprint density at radius 1 is 1.09 bits per heavy atom. The zero-order valence-corrected chi connectivity index (χ0v) is 19.5. The highest BCUT2D eigenvalue weighted by atomic mass is 35.5. The smallest absolute Gasteiger partial charge is 0.259 e. The largest absolute Gasteiger partial charge is 0.322 e. The lowest BCUT2D eigenvalue weighted by atomic mass is 9.91. The van der Waals surface area contributed by atoms with Gasteiger partial charge in [0.25, 0.3) is 5.91 Å². The van der Waals surface area contributed by atoms with Gasteiger partial charge in [0.05, 0.1) is 23.1 Å². The van der Waals surface area contributed by atoms with E-state index >= 15 is 0 Å². The summed E-state index contributed by atoms with van der Waals surface area (Å²) in [5.74, 6) is 0.00756. The van der Waals surface area contributed by atoms with E-state index in [0.717, 1.165) is 42.9 Å². The van der Waals surface area contributed by atoms with Gasteiger partial charge in [-0.1, -0.05) is 29.8 Å². The number of nitrogens with one attached hydrogen (secondary N) is 2. The molecule has 4 rings (SSSR count). The van der Waals surface area contributed by atoms with Crippen molar-refractivity contribution in [3.8, 4) is 5.69 Å². The van der Waals surface area contributed by atoms with Crippen molar-refractivity contribution in [2.75, 3.05) is 18.4 Å². The van der Waals surface area contributed by atoms with Crippen molar-refractivity contribution >= 4 is 29.8 Å². The van der Waals surface area contributed by atoms with Gasteiger partial charge in [-0.05, 0) is 70.5 Å². The Balaban J connectivity index is 0.00000289. The summed E-state index contributed by atoms with van der Waals surface area (Å²) in [6.07, 6.45) is 3.58. The van der Waals surface area contributed by atoms with Crippen LogP contribution in [0.5, 0.6) is 0 Å². The van der Waals surface area contributed by atoms with E-state index in [0.29, 0.717) is 16.8 Å². The number of aryl methyl sites for hydroxylation is 2. The second-order valence-electron chi connectivity index (χ2n) is 8.26. The lowest BCUT2D eigenvalue weighted by Gasteiger charge is -2.25. The average molecular weight is 453 g/mol. The Morgan fingerprint density at radius 3 is 2.53 bits per heavy atom. The molecular weight excluding hydrogens is 424 g/mol. The summed E-state index contributed by atoms with van der Waals surface area (Å²) < 4.78 is 1.94. The molecule has 0 aliphatic carbocycles. The molecule has 0 saturated carbocycles. The normalized spacial score (nSPS) is 14.0. The van der Waals surface area contributed by atoms with Gasteiger partial charge in [0.15, 0.2) is 5.78 Å². The molecule has 1 saturated heterocycles. The molecule has 2 N–H and O–H groups in total. The SMILES string of the molecule is CC(=O)c1cccc(NC(=O)c2cnn(-c3ccc(C)cc3C)c2C2CCNCC2)c1.Cl. The third-order valence-corrected chi connectivity index (χ3v) is 5.88. The van der Waals surface area contributed by atoms with Gasteiger partial charge in [-0.3, -0.25) is 9.59 Å². The minimum Gasteiger partial charge on any atom is -0.322 e. The van der Waals surface area contributed by atoms with Crippen molar-refractivity contribution in [1.82, 2.24) is 15.1 Å². The lowest BCUT2D eigenvalue weighted by molar-refractivity contribution is 0.101. The van der Waals surface area contributed by atoms with Crippen LogP contribution in [0, 0.1) is 13.8 Å². The number of amides is 1. The number of carbonyl (C=O) groups is 2. The molecule has 2 aromatic carbocycles. The maximum atomic E-state index is 13.3. The van der Waals surface area contributed by atoms with E-state index < -0.39 is 0 Å². The van der Waals surface area contributed by atoms with Gasteiger partial charge in [-0.2, -0.15) is 5.10 Å². The quantitative estimate of drug-likeness (QED) is 0.543. The van der Waals surface area contributed by atoms with E-state index in [-0.39, 0.29) is 30.0 Å². The maximum absolute atomic E-state index is 13.3. The number of piperidine rings is 1. The van der Waals surface area contributed by atoms with E-state index in [9.17, 15) is 9.59 Å². The molecule has 0 spiro atoms. The van der Waals surface area contributed by atoms with Crippen LogP contribution >= 0.6 is 12.4 Å². The van der Waals surface area contributed by atoms with Crippen LogP contribution in [-0.2, 0) is 0 Å². The average Bonchev–Trinajstić information content (AvgIpc) is 3.19. The molecule has 1 aromatic heterocycles. The van der Waals surface area contributed by atoms with Crippen molar-refractivity contribution in [1.29, 1.82) is 0 Å². The van der Waals surface area contributed by atoms with E-state index in [1.807, 2.05) is 4.68 Å². The molecule has 168 valence electrons. The second kappa shape index (κ2) is 10.1. The summed E-state index contributed by atoms with van der Waals surface area (Å²) in [4.78, 5) is 25.0. The standard InChI is InChI=1S/C25H28N4O2.ClH/c1-16-7-8-23(17(2)13-16)29-24(19-9-11-26-12-10-19)22(15-27-29)25(31)28-21-6-4-5-20(14-21)18(3)30;/h4-8,13-15,19,26H,9-12H2,1-3H3,(H,28,31);1H. The minimum atomic E-state index is -0.203. The molecule has 0 unspecified atom stereocenters. The molecule has 1 fully saturated rings. The molecule has 1 aliphatic heterocycles. The molecule has 0 bridgehead atoms. The first kappa shape index (κ1) is 23.7. The van der Waals surface area contributed by atoms with Crippen LogP contribution in [0.25, 0.3) is 5.69 Å². The summed E-state index contributed by atoms with van der Waals surface area (Å²) in [7, 11) is 0. The van der Waals surface area contributed by atoms with Crippen LogP contribution in [0.2, 0.25) is 0 Å². The van der Waals surface area contributed by atoms with Gasteiger partial charge < -0.3 is 10.6 Å². The Labute approximate surface area is 194 Å². The van der Waals surface area contributed by atoms with Crippen LogP contribution in [0.1, 0.15) is 63.2 Å². The van der Waals surface area contributed by atoms with E-state index in [2.05, 4.69) is 47.8 Å². The fourth-order valence-electron chi connectivity index (χ4n) is 4.27. The number of Topliss-reactive ketones (excluding diaryl/α,β-unsaturated/α-hetero) is 1. The van der Waals surface area contributed by atoms with Crippen LogP contribution in [-0.4, -0.2) is 34.6 Å². The van der Waals surface area contributed by atoms with Crippen molar-refractivity contribution in [3.63, 3.8) is 0 Å². The molecule has 32 heavy (non-hydrogen) atoms. The monoisotopic (exact) mass is 452 g/mol. The van der Waals surface area contributed by atoms with Crippen molar-refractivity contribution in [2.45, 2.75) is 39.5 Å². The second-order valence-corrected chi connectivity index (χ2v) is 8.26. The van der Waals surface area contributed by atoms with Gasteiger partial charge >= 0.3 is 0 Å². The van der Waals surface area contributed by atoms with Gasteiger partial charge in [-0.25, -0.2) is 4.68 Å². The van der Waals surface area contributed by atoms with Crippen LogP contribution in [0.15, 0.2) is 48.7 Å². The number of hydrogen-bond donors (Lipinski definition) is 2. The van der Waals surface area contributed by atoms with Crippen LogP contribution in [0.3, 0.4) is 0 Å². The highest BCUT2D eigenvalue weighted by molar-refractivity contribution is 6.06. The Hall–Kier alpha value is -2.96. The number of hydrogen-bond acceptors (Lipinski definition) is 4. The van der Waals surface area contributed by atoms with Crippen molar-refractivity contribution < 1.29 is 9.59 Å². The number of rotatable bonds is 5. The predicted octanol–water partition coefficient (Wildman–Crippen LogP) is 4.83. The molecule has 1 amide bonds. The first-order valence-electron chi connectivity index (χ1n) is 10.7. The van der Waals surface area contributed by atoms with E-state index in [1.165, 1.54) is 12.5 Å². The number of aromatic nitrogens is 2. The lowest BCUT2D eigenvalue weighted by Crippen LogP contribution is -2.29. The summed E-state index contributed by atoms with van der Waals surface area (Å²) in [6, 6.07) is 13.3. The van der Waals surface area contributed by atoms with Gasteiger partial charge in [0, 0.05) is 17.2 Å². The number of benzene rings is 2. The van der Waals surface area contributed by atoms with E-state index in [4.69, 9.17) is 0 Å². The highest BCUT2D eigenvalue weighted by Crippen LogP contribution is 2.31. The number of halogens is 1. The number of ketones is 1. The summed E-state index contributed by atoms with van der Waals surface area (Å²) in [6.45, 7) is 7.50. The fourth-order valence-corrected chi connectivity index (χ4v) is 4.27. The first-order chi connectivity index (χ1) is 14.9. The zero-order chi connectivity index (χ0) is 22.0. The van der Waals surface area contributed by atoms with E-state index in [1.54, 1.807) is 30.5 Å².